The first-order valence-electron chi connectivity index (χ1n) is 14.0. The van der Waals surface area contributed by atoms with Crippen molar-refractivity contribution in [1.29, 1.82) is 0 Å². The smallest absolute Gasteiger partial charge is 0.410 e. The standard InChI is InChI=1S/C28H39N5O10/c1-28(2,3)43-27(39)32(10-9-29)11-12-40-13-14-41-15-16-42-17-22(35)30-19-6-4-5-18-23(19)26(38)33(25(18)37)20-7-8-21(34)31-24(20)36/h4-6,20H,7-17,29H2,1-3H3,(H,30,35)(H,31,34,36). The molecule has 4 N–H and O–H groups in total. The van der Waals surface area contributed by atoms with E-state index in [-0.39, 0.29) is 69.3 Å². The van der Waals surface area contributed by atoms with E-state index in [0.717, 1.165) is 4.90 Å². The Bertz CT molecular complexity index is 1210. The Labute approximate surface area is 249 Å². The number of fused-ring (bicyclic) bond motifs is 1. The van der Waals surface area contributed by atoms with Gasteiger partial charge in [0.15, 0.2) is 0 Å². The summed E-state index contributed by atoms with van der Waals surface area (Å²) in [4.78, 5) is 76.7. The van der Waals surface area contributed by atoms with Crippen LogP contribution in [0.2, 0.25) is 0 Å². The summed E-state index contributed by atoms with van der Waals surface area (Å²) < 4.78 is 21.6. The van der Waals surface area contributed by atoms with Gasteiger partial charge in [-0.2, -0.15) is 0 Å². The first-order chi connectivity index (χ1) is 20.4. The Hall–Kier alpha value is -3.92. The molecule has 1 atom stereocenters. The molecule has 0 saturated carbocycles. The molecule has 2 aliphatic rings. The number of carbonyl (C=O) groups excluding carboxylic acids is 6. The number of piperidine rings is 1. The molecule has 1 aromatic rings. The van der Waals surface area contributed by atoms with Crippen LogP contribution in [0.4, 0.5) is 10.5 Å². The predicted molar refractivity (Wildman–Crippen MR) is 151 cm³/mol. The van der Waals surface area contributed by atoms with Gasteiger partial charge in [-0.05, 0) is 39.3 Å². The molecule has 1 unspecified atom stereocenters. The maximum atomic E-state index is 13.1. The average molecular weight is 606 g/mol. The number of rotatable bonds is 15. The lowest BCUT2D eigenvalue weighted by atomic mass is 10.0. The monoisotopic (exact) mass is 605 g/mol. The topological polar surface area (TPSA) is 196 Å². The highest BCUT2D eigenvalue weighted by Gasteiger charge is 2.45. The number of hydrogen-bond acceptors (Lipinski definition) is 11. The summed E-state index contributed by atoms with van der Waals surface area (Å²) >= 11 is 0. The van der Waals surface area contributed by atoms with Gasteiger partial charge in [0.05, 0.1) is 49.8 Å². The zero-order valence-electron chi connectivity index (χ0n) is 24.6. The van der Waals surface area contributed by atoms with Gasteiger partial charge < -0.3 is 34.9 Å². The molecule has 0 spiro atoms. The molecule has 0 aromatic heterocycles. The van der Waals surface area contributed by atoms with Crippen LogP contribution in [0, 0.1) is 0 Å². The van der Waals surface area contributed by atoms with E-state index < -0.39 is 47.3 Å². The molecule has 236 valence electrons. The molecule has 1 saturated heterocycles. The van der Waals surface area contributed by atoms with Crippen molar-refractivity contribution >= 4 is 41.3 Å². The molecule has 2 aliphatic heterocycles. The summed E-state index contributed by atoms with van der Waals surface area (Å²) in [7, 11) is 0. The third-order valence-electron chi connectivity index (χ3n) is 6.28. The van der Waals surface area contributed by atoms with Crippen molar-refractivity contribution in [2.75, 3.05) is 64.6 Å². The molecule has 1 aromatic carbocycles. The summed E-state index contributed by atoms with van der Waals surface area (Å²) in [5.41, 5.74) is 5.12. The largest absolute Gasteiger partial charge is 0.444 e. The van der Waals surface area contributed by atoms with Gasteiger partial charge >= 0.3 is 6.09 Å². The molecule has 3 rings (SSSR count). The number of ether oxygens (including phenoxy) is 4. The summed E-state index contributed by atoms with van der Waals surface area (Å²) in [6.07, 6.45) is -0.419. The van der Waals surface area contributed by atoms with E-state index in [1.54, 1.807) is 20.8 Å². The number of benzene rings is 1. The Morgan fingerprint density at radius 3 is 2.33 bits per heavy atom. The van der Waals surface area contributed by atoms with Crippen molar-refractivity contribution < 1.29 is 47.7 Å². The molecule has 2 heterocycles. The summed E-state index contributed by atoms with van der Waals surface area (Å²) in [6, 6.07) is 3.32. The highest BCUT2D eigenvalue weighted by Crippen LogP contribution is 2.32. The average Bonchev–Trinajstić information content (AvgIpc) is 3.18. The van der Waals surface area contributed by atoms with Crippen molar-refractivity contribution in [3.8, 4) is 0 Å². The van der Waals surface area contributed by atoms with E-state index in [9.17, 15) is 28.8 Å². The Kier molecular flexibility index (Phi) is 12.1. The molecular formula is C28H39N5O10. The molecule has 43 heavy (non-hydrogen) atoms. The highest BCUT2D eigenvalue weighted by molar-refractivity contribution is 6.26. The molecule has 15 nitrogen and oxygen atoms in total. The molecule has 15 heteroatoms. The van der Waals surface area contributed by atoms with Gasteiger partial charge in [-0.25, -0.2) is 4.79 Å². The zero-order chi connectivity index (χ0) is 31.6. The molecule has 0 radical (unpaired) electrons. The number of anilines is 1. The lowest BCUT2D eigenvalue weighted by Crippen LogP contribution is -2.54. The van der Waals surface area contributed by atoms with Gasteiger partial charge in [-0.15, -0.1) is 0 Å². The maximum Gasteiger partial charge on any atom is 0.410 e. The minimum absolute atomic E-state index is 0.00527. The summed E-state index contributed by atoms with van der Waals surface area (Å²) in [5.74, 6) is -3.13. The second-order valence-electron chi connectivity index (χ2n) is 10.8. The normalized spacial score (nSPS) is 16.7. The third-order valence-corrected chi connectivity index (χ3v) is 6.28. The first-order valence-corrected chi connectivity index (χ1v) is 14.0. The van der Waals surface area contributed by atoms with Crippen molar-refractivity contribution in [2.24, 2.45) is 5.73 Å². The molecule has 1 fully saturated rings. The minimum atomic E-state index is -1.11. The minimum Gasteiger partial charge on any atom is -0.444 e. The van der Waals surface area contributed by atoms with Crippen LogP contribution in [0.25, 0.3) is 0 Å². The SMILES string of the molecule is CC(C)(C)OC(=O)N(CCN)CCOCCOCCOCC(=O)Nc1cccc2c1C(=O)N(C1CCC(=O)NC1=O)C2=O. The van der Waals surface area contributed by atoms with E-state index in [4.69, 9.17) is 24.7 Å². The number of imide groups is 2. The van der Waals surface area contributed by atoms with E-state index >= 15 is 0 Å². The van der Waals surface area contributed by atoms with Gasteiger partial charge in [-0.1, -0.05) is 6.07 Å². The van der Waals surface area contributed by atoms with Crippen LogP contribution in [-0.2, 0) is 33.3 Å². The third kappa shape index (κ3) is 9.54. The summed E-state index contributed by atoms with van der Waals surface area (Å²) in [6.45, 7) is 7.15. The predicted octanol–water partition coefficient (Wildman–Crippen LogP) is 0.272. The van der Waals surface area contributed by atoms with Crippen molar-refractivity contribution in [3.05, 3.63) is 29.3 Å². The van der Waals surface area contributed by atoms with E-state index in [0.29, 0.717) is 19.6 Å². The lowest BCUT2D eigenvalue weighted by Gasteiger charge is -2.27. The summed E-state index contributed by atoms with van der Waals surface area (Å²) in [5, 5.41) is 4.72. The van der Waals surface area contributed by atoms with Gasteiger partial charge in [0.25, 0.3) is 11.8 Å². The van der Waals surface area contributed by atoms with Gasteiger partial charge in [0.1, 0.15) is 18.2 Å². The van der Waals surface area contributed by atoms with E-state index in [1.807, 2.05) is 0 Å². The van der Waals surface area contributed by atoms with E-state index in [1.165, 1.54) is 23.1 Å². The number of hydrogen-bond donors (Lipinski definition) is 3. The van der Waals surface area contributed by atoms with Crippen molar-refractivity contribution in [2.45, 2.75) is 45.3 Å². The Morgan fingerprint density at radius 1 is 1.00 bits per heavy atom. The van der Waals surface area contributed by atoms with Crippen LogP contribution in [0.5, 0.6) is 0 Å². The molecule has 0 bridgehead atoms. The number of nitrogens with zero attached hydrogens (tertiary/aromatic N) is 2. The van der Waals surface area contributed by atoms with Gasteiger partial charge in [0.2, 0.25) is 17.7 Å². The number of amides is 6. The Morgan fingerprint density at radius 2 is 1.67 bits per heavy atom. The second-order valence-corrected chi connectivity index (χ2v) is 10.8. The fourth-order valence-corrected chi connectivity index (χ4v) is 4.36. The van der Waals surface area contributed by atoms with Crippen molar-refractivity contribution in [1.82, 2.24) is 15.1 Å². The quantitative estimate of drug-likeness (QED) is 0.183. The number of nitrogens with two attached hydrogens (primary N) is 1. The second kappa shape index (κ2) is 15.5. The zero-order valence-corrected chi connectivity index (χ0v) is 24.6. The maximum absolute atomic E-state index is 13.1. The van der Waals surface area contributed by atoms with Crippen LogP contribution >= 0.6 is 0 Å². The highest BCUT2D eigenvalue weighted by atomic mass is 16.6. The van der Waals surface area contributed by atoms with Crippen molar-refractivity contribution in [3.63, 3.8) is 0 Å². The molecular weight excluding hydrogens is 566 g/mol. The van der Waals surface area contributed by atoms with Crippen LogP contribution in [0.15, 0.2) is 18.2 Å². The fourth-order valence-electron chi connectivity index (χ4n) is 4.36. The molecule has 0 aliphatic carbocycles. The molecule has 6 amide bonds. The van der Waals surface area contributed by atoms with Crippen LogP contribution in [0.3, 0.4) is 0 Å². The van der Waals surface area contributed by atoms with Crippen LogP contribution in [0.1, 0.15) is 54.3 Å². The Balaban J connectivity index is 1.34. The van der Waals surface area contributed by atoms with Crippen LogP contribution in [-0.4, -0.2) is 116 Å². The van der Waals surface area contributed by atoms with Crippen LogP contribution < -0.4 is 16.4 Å². The van der Waals surface area contributed by atoms with E-state index in [2.05, 4.69) is 10.6 Å². The van der Waals surface area contributed by atoms with Gasteiger partial charge in [0, 0.05) is 26.1 Å². The van der Waals surface area contributed by atoms with Gasteiger partial charge in [-0.3, -0.25) is 34.2 Å². The number of carbonyl (C=O) groups is 6. The fraction of sp³-hybridized carbons (Fsp3) is 0.571. The lowest BCUT2D eigenvalue weighted by molar-refractivity contribution is -0.136. The number of nitrogens with one attached hydrogen (secondary N) is 2. The first kappa shape index (κ1) is 33.6.